The minimum absolute atomic E-state index is 0.547. The molecule has 0 unspecified atom stereocenters. The van der Waals surface area contributed by atoms with Crippen molar-refractivity contribution in [3.05, 3.63) is 24.0 Å². The van der Waals surface area contributed by atoms with E-state index in [2.05, 4.69) is 16.4 Å². The van der Waals surface area contributed by atoms with Crippen molar-refractivity contribution < 1.29 is 4.21 Å². The minimum atomic E-state index is -0.547. The van der Waals surface area contributed by atoms with E-state index in [4.69, 9.17) is 0 Å². The van der Waals surface area contributed by atoms with Crippen molar-refractivity contribution in [2.24, 2.45) is 0 Å². The highest BCUT2D eigenvalue weighted by Crippen LogP contribution is 2.09. The first-order valence-electron chi connectivity index (χ1n) is 5.04. The quantitative estimate of drug-likeness (QED) is 0.785. The molecule has 1 fully saturated rings. The van der Waals surface area contributed by atoms with E-state index in [0.29, 0.717) is 6.04 Å². The lowest BCUT2D eigenvalue weighted by Crippen LogP contribution is -2.35. The van der Waals surface area contributed by atoms with Gasteiger partial charge in [-0.1, -0.05) is 0 Å². The number of aromatic amines is 1. The van der Waals surface area contributed by atoms with Gasteiger partial charge >= 0.3 is 0 Å². The molecule has 0 atom stereocenters. The number of hydrogen-bond acceptors (Lipinski definition) is 2. The highest BCUT2D eigenvalue weighted by molar-refractivity contribution is 7.85. The van der Waals surface area contributed by atoms with Gasteiger partial charge in [-0.15, -0.1) is 0 Å². The lowest BCUT2D eigenvalue weighted by molar-refractivity contribution is 0.475. The molecule has 0 amide bonds. The highest BCUT2D eigenvalue weighted by Gasteiger charge is 2.16. The largest absolute Gasteiger partial charge is 0.367 e. The van der Waals surface area contributed by atoms with Crippen LogP contribution in [0.25, 0.3) is 0 Å². The SMILES string of the molecule is O=S1CCC(NCc2cc[nH]c2)CC1. The Morgan fingerprint density at radius 3 is 2.93 bits per heavy atom. The average molecular weight is 212 g/mol. The molecule has 3 nitrogen and oxygen atoms in total. The summed E-state index contributed by atoms with van der Waals surface area (Å²) in [6, 6.07) is 2.64. The van der Waals surface area contributed by atoms with Crippen molar-refractivity contribution >= 4 is 10.8 Å². The fourth-order valence-electron chi connectivity index (χ4n) is 1.73. The van der Waals surface area contributed by atoms with Crippen LogP contribution in [0.1, 0.15) is 18.4 Å². The lowest BCUT2D eigenvalue weighted by atomic mass is 10.1. The Hall–Kier alpha value is -0.610. The van der Waals surface area contributed by atoms with Crippen LogP contribution in [0.2, 0.25) is 0 Å². The molecule has 0 bridgehead atoms. The van der Waals surface area contributed by atoms with Gasteiger partial charge in [-0.2, -0.15) is 0 Å². The molecular formula is C10H16N2OS. The van der Waals surface area contributed by atoms with Gasteiger partial charge in [0.15, 0.2) is 0 Å². The van der Waals surface area contributed by atoms with Crippen LogP contribution in [0, 0.1) is 0 Å². The maximum Gasteiger partial charge on any atom is 0.0249 e. The molecule has 14 heavy (non-hydrogen) atoms. The third kappa shape index (κ3) is 2.69. The first-order chi connectivity index (χ1) is 6.84. The monoisotopic (exact) mass is 212 g/mol. The van der Waals surface area contributed by atoms with Gasteiger partial charge in [0, 0.05) is 47.3 Å². The summed E-state index contributed by atoms with van der Waals surface area (Å²) in [5, 5.41) is 3.49. The third-order valence-electron chi connectivity index (χ3n) is 2.65. The summed E-state index contributed by atoms with van der Waals surface area (Å²) in [6.07, 6.45) is 6.05. The van der Waals surface area contributed by atoms with E-state index in [1.54, 1.807) is 0 Å². The summed E-state index contributed by atoms with van der Waals surface area (Å²) in [6.45, 7) is 0.917. The second-order valence-corrected chi connectivity index (χ2v) is 5.42. The van der Waals surface area contributed by atoms with Crippen LogP contribution in [0.4, 0.5) is 0 Å². The van der Waals surface area contributed by atoms with Crippen molar-refractivity contribution in [3.63, 3.8) is 0 Å². The van der Waals surface area contributed by atoms with Crippen LogP contribution >= 0.6 is 0 Å². The Morgan fingerprint density at radius 1 is 1.50 bits per heavy atom. The van der Waals surface area contributed by atoms with Crippen molar-refractivity contribution in [2.75, 3.05) is 11.5 Å². The van der Waals surface area contributed by atoms with Gasteiger partial charge in [0.05, 0.1) is 0 Å². The van der Waals surface area contributed by atoms with Crippen molar-refractivity contribution in [3.8, 4) is 0 Å². The standard InChI is InChI=1S/C10H16N2OS/c13-14-5-2-10(3-6-14)12-8-9-1-4-11-7-9/h1,4,7,10-12H,2-3,5-6,8H2. The normalized spacial score (nSPS) is 27.7. The molecule has 1 aromatic rings. The van der Waals surface area contributed by atoms with Gasteiger partial charge in [0.2, 0.25) is 0 Å². The topological polar surface area (TPSA) is 44.9 Å². The van der Waals surface area contributed by atoms with Crippen LogP contribution in [0.3, 0.4) is 0 Å². The molecule has 0 spiro atoms. The van der Waals surface area contributed by atoms with Crippen molar-refractivity contribution in [1.29, 1.82) is 0 Å². The summed E-state index contributed by atoms with van der Waals surface area (Å²) in [5.41, 5.74) is 1.29. The first kappa shape index (κ1) is 9.93. The zero-order valence-corrected chi connectivity index (χ0v) is 8.98. The van der Waals surface area contributed by atoms with Gasteiger partial charge in [-0.25, -0.2) is 0 Å². The molecule has 1 saturated heterocycles. The summed E-state index contributed by atoms with van der Waals surface area (Å²) < 4.78 is 11.1. The summed E-state index contributed by atoms with van der Waals surface area (Å²) >= 11 is 0. The van der Waals surface area contributed by atoms with Crippen molar-refractivity contribution in [1.82, 2.24) is 10.3 Å². The molecule has 4 heteroatoms. The third-order valence-corrected chi connectivity index (χ3v) is 4.03. The van der Waals surface area contributed by atoms with Gasteiger partial charge in [0.25, 0.3) is 0 Å². The van der Waals surface area contributed by atoms with Crippen LogP contribution in [0.15, 0.2) is 18.5 Å². The summed E-state index contributed by atoms with van der Waals surface area (Å²) in [7, 11) is -0.547. The van der Waals surface area contributed by atoms with Gasteiger partial charge in [-0.3, -0.25) is 4.21 Å². The van der Waals surface area contributed by atoms with Crippen LogP contribution in [-0.4, -0.2) is 26.7 Å². The predicted molar refractivity (Wildman–Crippen MR) is 58.5 cm³/mol. The van der Waals surface area contributed by atoms with E-state index in [9.17, 15) is 4.21 Å². The molecule has 0 radical (unpaired) electrons. The Morgan fingerprint density at radius 2 is 2.29 bits per heavy atom. The molecule has 1 aliphatic rings. The summed E-state index contributed by atoms with van der Waals surface area (Å²) in [5.74, 6) is 1.73. The Bertz CT molecular complexity index is 287. The van der Waals surface area contributed by atoms with E-state index >= 15 is 0 Å². The second-order valence-electron chi connectivity index (χ2n) is 3.72. The Labute approximate surface area is 86.7 Å². The van der Waals surface area contributed by atoms with E-state index in [-0.39, 0.29) is 0 Å². The van der Waals surface area contributed by atoms with Crippen molar-refractivity contribution in [2.45, 2.75) is 25.4 Å². The fraction of sp³-hybridized carbons (Fsp3) is 0.600. The fourth-order valence-corrected chi connectivity index (χ4v) is 3.03. The molecule has 1 aliphatic heterocycles. The van der Waals surface area contributed by atoms with Gasteiger partial charge in [-0.05, 0) is 24.5 Å². The number of nitrogens with one attached hydrogen (secondary N) is 2. The lowest BCUT2D eigenvalue weighted by Gasteiger charge is -2.22. The number of hydrogen-bond donors (Lipinski definition) is 2. The molecule has 2 heterocycles. The highest BCUT2D eigenvalue weighted by atomic mass is 32.2. The molecular weight excluding hydrogens is 196 g/mol. The molecule has 0 saturated carbocycles. The van der Waals surface area contributed by atoms with Crippen LogP contribution in [0.5, 0.6) is 0 Å². The molecule has 2 rings (SSSR count). The van der Waals surface area contributed by atoms with Crippen LogP contribution < -0.4 is 5.32 Å². The van der Waals surface area contributed by atoms with E-state index in [0.717, 1.165) is 30.9 Å². The van der Waals surface area contributed by atoms with E-state index in [1.165, 1.54) is 5.56 Å². The molecule has 2 N–H and O–H groups in total. The van der Waals surface area contributed by atoms with Gasteiger partial charge in [0.1, 0.15) is 0 Å². The number of H-pyrrole nitrogens is 1. The zero-order chi connectivity index (χ0) is 9.80. The average Bonchev–Trinajstić information content (AvgIpc) is 2.70. The number of aromatic nitrogens is 1. The zero-order valence-electron chi connectivity index (χ0n) is 8.16. The molecule has 78 valence electrons. The second kappa shape index (κ2) is 4.75. The Balaban J connectivity index is 1.73. The molecule has 0 aliphatic carbocycles. The van der Waals surface area contributed by atoms with Crippen LogP contribution in [-0.2, 0) is 17.3 Å². The first-order valence-corrected chi connectivity index (χ1v) is 6.53. The summed E-state index contributed by atoms with van der Waals surface area (Å²) in [4.78, 5) is 3.04. The van der Waals surface area contributed by atoms with E-state index in [1.807, 2.05) is 12.4 Å². The smallest absolute Gasteiger partial charge is 0.0249 e. The molecule has 1 aromatic heterocycles. The van der Waals surface area contributed by atoms with Gasteiger partial charge < -0.3 is 10.3 Å². The maximum absolute atomic E-state index is 11.1. The molecule has 0 aromatic carbocycles. The van der Waals surface area contributed by atoms with E-state index < -0.39 is 10.8 Å². The minimum Gasteiger partial charge on any atom is -0.367 e. The predicted octanol–water partition coefficient (Wildman–Crippen LogP) is 1.02. The number of rotatable bonds is 3. The maximum atomic E-state index is 11.1. The Kier molecular flexibility index (Phi) is 3.37.